The second-order valence-corrected chi connectivity index (χ2v) is 5.39. The minimum Gasteiger partial charge on any atom is -0.371 e. The number of aryl methyl sites for hydroxylation is 1. The third kappa shape index (κ3) is 2.46. The predicted octanol–water partition coefficient (Wildman–Crippen LogP) is 3.83. The van der Waals surface area contributed by atoms with Gasteiger partial charge in [0.2, 0.25) is 0 Å². The molecule has 0 unspecified atom stereocenters. The van der Waals surface area contributed by atoms with Crippen molar-refractivity contribution in [2.45, 2.75) is 19.8 Å². The van der Waals surface area contributed by atoms with Crippen molar-refractivity contribution in [1.29, 1.82) is 0 Å². The monoisotopic (exact) mass is 265 g/mol. The van der Waals surface area contributed by atoms with Crippen LogP contribution in [0.1, 0.15) is 34.3 Å². The molecule has 2 aromatic carbocycles. The highest BCUT2D eigenvalue weighted by Crippen LogP contribution is 2.25. The third-order valence-electron chi connectivity index (χ3n) is 3.94. The molecule has 1 fully saturated rings. The first-order chi connectivity index (χ1) is 9.75. The Morgan fingerprint density at radius 1 is 0.950 bits per heavy atom. The summed E-state index contributed by atoms with van der Waals surface area (Å²) in [4.78, 5) is 14.8. The Morgan fingerprint density at radius 2 is 1.65 bits per heavy atom. The van der Waals surface area contributed by atoms with Gasteiger partial charge in [0, 0.05) is 29.9 Å². The van der Waals surface area contributed by atoms with Crippen LogP contribution in [0.5, 0.6) is 0 Å². The Labute approximate surface area is 120 Å². The molecule has 2 heteroatoms. The van der Waals surface area contributed by atoms with E-state index >= 15 is 0 Å². The van der Waals surface area contributed by atoms with Crippen molar-refractivity contribution in [2.75, 3.05) is 18.0 Å². The summed E-state index contributed by atoms with van der Waals surface area (Å²) in [6, 6.07) is 15.5. The molecule has 2 aromatic rings. The lowest BCUT2D eigenvalue weighted by Gasteiger charge is -2.20. The van der Waals surface area contributed by atoms with Crippen molar-refractivity contribution >= 4 is 11.5 Å². The van der Waals surface area contributed by atoms with Gasteiger partial charge >= 0.3 is 0 Å². The number of anilines is 1. The van der Waals surface area contributed by atoms with Crippen molar-refractivity contribution in [3.8, 4) is 0 Å². The molecule has 20 heavy (non-hydrogen) atoms. The van der Waals surface area contributed by atoms with Gasteiger partial charge in [-0.3, -0.25) is 4.79 Å². The van der Waals surface area contributed by atoms with Gasteiger partial charge in [-0.1, -0.05) is 30.3 Å². The summed E-state index contributed by atoms with van der Waals surface area (Å²) in [6.45, 7) is 4.36. The first kappa shape index (κ1) is 12.9. The van der Waals surface area contributed by atoms with Crippen LogP contribution >= 0.6 is 0 Å². The summed E-state index contributed by atoms with van der Waals surface area (Å²) in [5.74, 6) is 0.0988. The highest BCUT2D eigenvalue weighted by Gasteiger charge is 2.16. The molecule has 0 aliphatic carbocycles. The maximum atomic E-state index is 12.4. The van der Waals surface area contributed by atoms with E-state index in [0.29, 0.717) is 0 Å². The molecule has 1 aliphatic rings. The van der Waals surface area contributed by atoms with Gasteiger partial charge in [-0.15, -0.1) is 0 Å². The number of ketones is 1. The SMILES string of the molecule is Cc1cc(C(=O)c2ccccc2)ccc1N1CCCC1. The summed E-state index contributed by atoms with van der Waals surface area (Å²) in [5, 5.41) is 0. The van der Waals surface area contributed by atoms with Gasteiger partial charge in [-0.25, -0.2) is 0 Å². The Kier molecular flexibility index (Phi) is 3.55. The number of carbonyl (C=O) groups excluding carboxylic acids is 1. The van der Waals surface area contributed by atoms with Gasteiger partial charge in [0.25, 0.3) is 0 Å². The highest BCUT2D eigenvalue weighted by molar-refractivity contribution is 6.09. The molecule has 1 aliphatic heterocycles. The van der Waals surface area contributed by atoms with Crippen LogP contribution in [0.4, 0.5) is 5.69 Å². The summed E-state index contributed by atoms with van der Waals surface area (Å²) in [7, 11) is 0. The van der Waals surface area contributed by atoms with Crippen molar-refractivity contribution in [1.82, 2.24) is 0 Å². The summed E-state index contributed by atoms with van der Waals surface area (Å²) in [6.07, 6.45) is 2.54. The third-order valence-corrected chi connectivity index (χ3v) is 3.94. The summed E-state index contributed by atoms with van der Waals surface area (Å²) < 4.78 is 0. The van der Waals surface area contributed by atoms with Crippen LogP contribution in [0.3, 0.4) is 0 Å². The molecule has 0 amide bonds. The van der Waals surface area contributed by atoms with Crippen LogP contribution in [0.25, 0.3) is 0 Å². The lowest BCUT2D eigenvalue weighted by molar-refractivity contribution is 0.103. The molecule has 1 saturated heterocycles. The van der Waals surface area contributed by atoms with E-state index in [1.54, 1.807) is 0 Å². The number of nitrogens with zero attached hydrogens (tertiary/aromatic N) is 1. The largest absolute Gasteiger partial charge is 0.371 e. The van der Waals surface area contributed by atoms with Gasteiger partial charge in [-0.2, -0.15) is 0 Å². The van der Waals surface area contributed by atoms with Crippen molar-refractivity contribution in [3.05, 3.63) is 65.2 Å². The number of benzene rings is 2. The van der Waals surface area contributed by atoms with Crippen LogP contribution in [-0.4, -0.2) is 18.9 Å². The Bertz CT molecular complexity index is 613. The van der Waals surface area contributed by atoms with Crippen molar-refractivity contribution in [3.63, 3.8) is 0 Å². The van der Waals surface area contributed by atoms with Crippen LogP contribution < -0.4 is 4.90 Å². The molecule has 0 spiro atoms. The maximum Gasteiger partial charge on any atom is 0.193 e. The van der Waals surface area contributed by atoms with Gasteiger partial charge in [0.15, 0.2) is 5.78 Å². The van der Waals surface area contributed by atoms with E-state index in [9.17, 15) is 4.79 Å². The maximum absolute atomic E-state index is 12.4. The van der Waals surface area contributed by atoms with Gasteiger partial charge in [-0.05, 0) is 43.5 Å². The minimum absolute atomic E-state index is 0.0988. The minimum atomic E-state index is 0.0988. The van der Waals surface area contributed by atoms with Crippen LogP contribution in [0.15, 0.2) is 48.5 Å². The zero-order valence-electron chi connectivity index (χ0n) is 11.8. The molecule has 0 aromatic heterocycles. The van der Waals surface area contributed by atoms with Gasteiger partial charge in [0.1, 0.15) is 0 Å². The first-order valence-electron chi connectivity index (χ1n) is 7.21. The number of hydrogen-bond donors (Lipinski definition) is 0. The first-order valence-corrected chi connectivity index (χ1v) is 7.21. The number of rotatable bonds is 3. The smallest absolute Gasteiger partial charge is 0.193 e. The lowest BCUT2D eigenvalue weighted by atomic mass is 10.0. The van der Waals surface area contributed by atoms with Crippen molar-refractivity contribution < 1.29 is 4.79 Å². The predicted molar refractivity (Wildman–Crippen MR) is 82.5 cm³/mol. The average Bonchev–Trinajstić information content (AvgIpc) is 3.01. The van der Waals surface area contributed by atoms with Gasteiger partial charge < -0.3 is 4.90 Å². The number of carbonyl (C=O) groups is 1. The fourth-order valence-corrected chi connectivity index (χ4v) is 2.87. The van der Waals surface area contributed by atoms with E-state index in [0.717, 1.165) is 24.2 Å². The normalized spacial score (nSPS) is 14.6. The lowest BCUT2D eigenvalue weighted by Crippen LogP contribution is -2.18. The molecule has 0 saturated carbocycles. The average molecular weight is 265 g/mol. The molecule has 3 rings (SSSR count). The van der Waals surface area contributed by atoms with E-state index in [1.165, 1.54) is 24.1 Å². The second-order valence-electron chi connectivity index (χ2n) is 5.39. The molecule has 0 bridgehead atoms. The Balaban J connectivity index is 1.88. The molecule has 0 N–H and O–H groups in total. The Morgan fingerprint density at radius 3 is 2.30 bits per heavy atom. The van der Waals surface area contributed by atoms with E-state index < -0.39 is 0 Å². The van der Waals surface area contributed by atoms with Crippen molar-refractivity contribution in [2.24, 2.45) is 0 Å². The van der Waals surface area contributed by atoms with E-state index in [2.05, 4.69) is 17.9 Å². The second kappa shape index (κ2) is 5.49. The highest BCUT2D eigenvalue weighted by atomic mass is 16.1. The standard InChI is InChI=1S/C18H19NO/c1-14-13-16(18(20)15-7-3-2-4-8-15)9-10-17(14)19-11-5-6-12-19/h2-4,7-10,13H,5-6,11-12H2,1H3. The zero-order valence-corrected chi connectivity index (χ0v) is 11.8. The Hall–Kier alpha value is -2.09. The van der Waals surface area contributed by atoms with E-state index in [4.69, 9.17) is 0 Å². The summed E-state index contributed by atoms with van der Waals surface area (Å²) >= 11 is 0. The van der Waals surface area contributed by atoms with E-state index in [-0.39, 0.29) is 5.78 Å². The van der Waals surface area contributed by atoms with Crippen LogP contribution in [0.2, 0.25) is 0 Å². The fraction of sp³-hybridized carbons (Fsp3) is 0.278. The fourth-order valence-electron chi connectivity index (χ4n) is 2.87. The number of hydrogen-bond acceptors (Lipinski definition) is 2. The molecule has 0 radical (unpaired) electrons. The quantitative estimate of drug-likeness (QED) is 0.786. The molecule has 0 atom stereocenters. The topological polar surface area (TPSA) is 20.3 Å². The summed E-state index contributed by atoms with van der Waals surface area (Å²) in [5.41, 5.74) is 3.98. The molecule has 102 valence electrons. The van der Waals surface area contributed by atoms with Crippen LogP contribution in [0, 0.1) is 6.92 Å². The van der Waals surface area contributed by atoms with E-state index in [1.807, 2.05) is 42.5 Å². The molecular weight excluding hydrogens is 246 g/mol. The molecular formula is C18H19NO. The van der Waals surface area contributed by atoms with Gasteiger partial charge in [0.05, 0.1) is 0 Å². The zero-order chi connectivity index (χ0) is 13.9. The van der Waals surface area contributed by atoms with Crippen LogP contribution in [-0.2, 0) is 0 Å². The molecule has 2 nitrogen and oxygen atoms in total. The molecule has 1 heterocycles.